The van der Waals surface area contributed by atoms with Gasteiger partial charge in [-0.25, -0.2) is 4.39 Å². The van der Waals surface area contributed by atoms with Gasteiger partial charge in [0.05, 0.1) is 0 Å². The maximum absolute atomic E-state index is 13.1. The van der Waals surface area contributed by atoms with Crippen molar-refractivity contribution in [1.82, 2.24) is 0 Å². The lowest BCUT2D eigenvalue weighted by Crippen LogP contribution is -2.44. The van der Waals surface area contributed by atoms with Crippen LogP contribution >= 0.6 is 0 Å². The Morgan fingerprint density at radius 3 is 2.00 bits per heavy atom. The summed E-state index contributed by atoms with van der Waals surface area (Å²) in [5, 5.41) is 0. The first kappa shape index (κ1) is 10.5. The van der Waals surface area contributed by atoms with Crippen molar-refractivity contribution in [3.05, 3.63) is 0 Å². The van der Waals surface area contributed by atoms with Crippen molar-refractivity contribution in [2.24, 2.45) is 5.92 Å². The fraction of sp³-hybridized carbons (Fsp3) is 0.875. The van der Waals surface area contributed by atoms with Crippen molar-refractivity contribution < 1.29 is 22.4 Å². The van der Waals surface area contributed by atoms with Crippen molar-refractivity contribution in [1.29, 1.82) is 0 Å². The summed E-state index contributed by atoms with van der Waals surface area (Å²) in [6.07, 6.45) is -5.35. The molecule has 0 aromatic rings. The Bertz CT molecular complexity index is 191. The highest BCUT2D eigenvalue weighted by molar-refractivity contribution is 5.53. The second-order valence-electron chi connectivity index (χ2n) is 3.44. The maximum atomic E-state index is 13.1. The molecular formula is C8H10F4O. The normalized spacial score (nSPS) is 35.8. The lowest BCUT2D eigenvalue weighted by atomic mass is 9.80. The van der Waals surface area contributed by atoms with E-state index in [0.29, 0.717) is 6.29 Å². The summed E-state index contributed by atoms with van der Waals surface area (Å²) < 4.78 is 49.4. The highest BCUT2D eigenvalue weighted by Gasteiger charge is 2.56. The van der Waals surface area contributed by atoms with E-state index in [-0.39, 0.29) is 12.8 Å². The Kier molecular flexibility index (Phi) is 2.63. The van der Waals surface area contributed by atoms with Gasteiger partial charge in [0, 0.05) is 5.92 Å². The molecule has 0 saturated heterocycles. The average molecular weight is 198 g/mol. The van der Waals surface area contributed by atoms with E-state index in [1.54, 1.807) is 0 Å². The van der Waals surface area contributed by atoms with Gasteiger partial charge in [0.15, 0.2) is 0 Å². The highest BCUT2D eigenvalue weighted by atomic mass is 19.4. The number of hydrogen-bond acceptors (Lipinski definition) is 1. The summed E-state index contributed by atoms with van der Waals surface area (Å²) in [6.45, 7) is 0. The van der Waals surface area contributed by atoms with E-state index >= 15 is 0 Å². The quantitative estimate of drug-likeness (QED) is 0.467. The van der Waals surface area contributed by atoms with Crippen LogP contribution in [0.25, 0.3) is 0 Å². The molecule has 0 aromatic heterocycles. The van der Waals surface area contributed by atoms with Gasteiger partial charge in [-0.05, 0) is 25.7 Å². The van der Waals surface area contributed by atoms with Crippen LogP contribution in [0, 0.1) is 5.92 Å². The van der Waals surface area contributed by atoms with Crippen LogP contribution in [-0.4, -0.2) is 18.1 Å². The van der Waals surface area contributed by atoms with E-state index in [9.17, 15) is 22.4 Å². The molecule has 0 amide bonds. The summed E-state index contributed by atoms with van der Waals surface area (Å²) in [4.78, 5) is 10.2. The molecule has 13 heavy (non-hydrogen) atoms. The van der Waals surface area contributed by atoms with Crippen molar-refractivity contribution in [3.8, 4) is 0 Å². The molecule has 0 heterocycles. The second kappa shape index (κ2) is 3.27. The van der Waals surface area contributed by atoms with Crippen LogP contribution in [0.2, 0.25) is 0 Å². The predicted molar refractivity (Wildman–Crippen MR) is 37.9 cm³/mol. The molecule has 1 rings (SSSR count). The van der Waals surface area contributed by atoms with Crippen LogP contribution in [0.4, 0.5) is 17.6 Å². The highest BCUT2D eigenvalue weighted by Crippen LogP contribution is 2.45. The number of aldehydes is 1. The Morgan fingerprint density at radius 1 is 1.23 bits per heavy atom. The first-order valence-corrected chi connectivity index (χ1v) is 4.10. The fourth-order valence-electron chi connectivity index (χ4n) is 1.52. The Morgan fingerprint density at radius 2 is 1.69 bits per heavy atom. The first-order valence-electron chi connectivity index (χ1n) is 4.10. The van der Waals surface area contributed by atoms with Crippen LogP contribution in [-0.2, 0) is 4.79 Å². The molecule has 0 aromatic carbocycles. The number of hydrogen-bond donors (Lipinski definition) is 0. The molecule has 0 N–H and O–H groups in total. The van der Waals surface area contributed by atoms with Gasteiger partial charge < -0.3 is 4.79 Å². The molecule has 1 nitrogen and oxygen atoms in total. The van der Waals surface area contributed by atoms with Crippen LogP contribution in [0.3, 0.4) is 0 Å². The molecule has 0 bridgehead atoms. The third-order valence-corrected chi connectivity index (χ3v) is 2.52. The summed E-state index contributed by atoms with van der Waals surface area (Å²) in [7, 11) is 0. The van der Waals surface area contributed by atoms with Crippen LogP contribution in [0.15, 0.2) is 0 Å². The SMILES string of the molecule is O=CC1CCC(F)(C(F)(F)F)CC1. The lowest BCUT2D eigenvalue weighted by Gasteiger charge is -2.33. The van der Waals surface area contributed by atoms with Gasteiger partial charge in [0.1, 0.15) is 6.29 Å². The van der Waals surface area contributed by atoms with Gasteiger partial charge in [-0.15, -0.1) is 0 Å². The van der Waals surface area contributed by atoms with Crippen molar-refractivity contribution in [2.45, 2.75) is 37.5 Å². The van der Waals surface area contributed by atoms with Gasteiger partial charge in [-0.3, -0.25) is 0 Å². The summed E-state index contributed by atoms with van der Waals surface area (Å²) in [5.74, 6) is -0.397. The minimum absolute atomic E-state index is 0.000486. The molecule has 76 valence electrons. The van der Waals surface area contributed by atoms with Crippen molar-refractivity contribution in [3.63, 3.8) is 0 Å². The number of alkyl halides is 4. The summed E-state index contributed by atoms with van der Waals surface area (Å²) >= 11 is 0. The molecule has 0 unspecified atom stereocenters. The largest absolute Gasteiger partial charge is 0.422 e. The van der Waals surface area contributed by atoms with Gasteiger partial charge in [-0.2, -0.15) is 13.2 Å². The maximum Gasteiger partial charge on any atom is 0.422 e. The molecule has 0 spiro atoms. The van der Waals surface area contributed by atoms with E-state index < -0.39 is 30.6 Å². The standard InChI is InChI=1S/C8H10F4O/c9-7(8(10,11)12)3-1-6(5-13)2-4-7/h5-6H,1-4H2. The lowest BCUT2D eigenvalue weighted by molar-refractivity contribution is -0.241. The van der Waals surface area contributed by atoms with Gasteiger partial charge >= 0.3 is 6.18 Å². The molecule has 0 radical (unpaired) electrons. The van der Waals surface area contributed by atoms with Gasteiger partial charge in [0.25, 0.3) is 0 Å². The topological polar surface area (TPSA) is 17.1 Å². The fourth-order valence-corrected chi connectivity index (χ4v) is 1.52. The first-order chi connectivity index (χ1) is 5.89. The summed E-state index contributed by atoms with van der Waals surface area (Å²) in [6, 6.07) is 0. The van der Waals surface area contributed by atoms with Gasteiger partial charge in [0.2, 0.25) is 5.67 Å². The molecule has 1 fully saturated rings. The Hall–Kier alpha value is -0.610. The third-order valence-electron chi connectivity index (χ3n) is 2.52. The van der Waals surface area contributed by atoms with E-state index in [1.807, 2.05) is 0 Å². The molecular weight excluding hydrogens is 188 g/mol. The van der Waals surface area contributed by atoms with Crippen LogP contribution < -0.4 is 0 Å². The van der Waals surface area contributed by atoms with Crippen molar-refractivity contribution in [2.75, 3.05) is 0 Å². The molecule has 5 heteroatoms. The monoisotopic (exact) mass is 198 g/mol. The van der Waals surface area contributed by atoms with E-state index in [1.165, 1.54) is 0 Å². The van der Waals surface area contributed by atoms with E-state index in [4.69, 9.17) is 0 Å². The summed E-state index contributed by atoms with van der Waals surface area (Å²) in [5.41, 5.74) is -3.06. The molecule has 0 aliphatic heterocycles. The molecule has 1 aliphatic rings. The second-order valence-corrected chi connectivity index (χ2v) is 3.44. The number of carbonyl (C=O) groups is 1. The van der Waals surface area contributed by atoms with Crippen LogP contribution in [0.1, 0.15) is 25.7 Å². The van der Waals surface area contributed by atoms with Gasteiger partial charge in [-0.1, -0.05) is 0 Å². The Balaban J connectivity index is 2.61. The molecule has 0 atom stereocenters. The molecule has 1 saturated carbocycles. The average Bonchev–Trinajstić information content (AvgIpc) is 2.04. The predicted octanol–water partition coefficient (Wildman–Crippen LogP) is 2.65. The van der Waals surface area contributed by atoms with Crippen LogP contribution in [0.5, 0.6) is 0 Å². The smallest absolute Gasteiger partial charge is 0.303 e. The minimum Gasteiger partial charge on any atom is -0.303 e. The van der Waals surface area contributed by atoms with E-state index in [2.05, 4.69) is 0 Å². The van der Waals surface area contributed by atoms with E-state index in [0.717, 1.165) is 0 Å². The Labute approximate surface area is 73.1 Å². The number of halogens is 4. The minimum atomic E-state index is -4.79. The zero-order chi connectivity index (χ0) is 10.1. The van der Waals surface area contributed by atoms with Crippen molar-refractivity contribution >= 4 is 6.29 Å². The molecule has 1 aliphatic carbocycles. The zero-order valence-corrected chi connectivity index (χ0v) is 6.90. The number of carbonyl (C=O) groups excluding carboxylic acids is 1. The third kappa shape index (κ3) is 2.00. The zero-order valence-electron chi connectivity index (χ0n) is 6.90. The number of rotatable bonds is 1.